The SMILES string of the molecule is COc1ccc([C@H]2CC(=O)c3cn4nc(SCc5cccc(C)c5)nc4nc3C2)c(OC)c1. The first-order valence-corrected chi connectivity index (χ1v) is 11.7. The third kappa shape index (κ3) is 4.30. The average Bonchev–Trinajstić information content (AvgIpc) is 3.23. The van der Waals surface area contributed by atoms with E-state index in [1.54, 1.807) is 36.7 Å². The van der Waals surface area contributed by atoms with Gasteiger partial charge >= 0.3 is 0 Å². The number of methoxy groups -OCH3 is 2. The Hall–Kier alpha value is -3.39. The van der Waals surface area contributed by atoms with Crippen LogP contribution < -0.4 is 9.47 Å². The number of ether oxygens (including phenoxy) is 2. The van der Waals surface area contributed by atoms with E-state index in [1.165, 1.54) is 11.1 Å². The number of aryl methyl sites for hydroxylation is 1. The van der Waals surface area contributed by atoms with E-state index in [0.29, 0.717) is 35.1 Å². The molecule has 2 aromatic heterocycles. The minimum Gasteiger partial charge on any atom is -0.497 e. The molecule has 1 atom stereocenters. The molecule has 1 aliphatic rings. The number of thioether (sulfide) groups is 1. The second-order valence-corrected chi connectivity index (χ2v) is 9.10. The van der Waals surface area contributed by atoms with Crippen molar-refractivity contribution in [1.29, 1.82) is 0 Å². The van der Waals surface area contributed by atoms with E-state index >= 15 is 0 Å². The highest BCUT2D eigenvalue weighted by Gasteiger charge is 2.30. The van der Waals surface area contributed by atoms with Crippen molar-refractivity contribution in [2.45, 2.75) is 36.6 Å². The normalized spacial score (nSPS) is 15.5. The fourth-order valence-corrected chi connectivity index (χ4v) is 5.02. The summed E-state index contributed by atoms with van der Waals surface area (Å²) in [5.41, 5.74) is 4.80. The first-order chi connectivity index (χ1) is 16.0. The van der Waals surface area contributed by atoms with Crippen molar-refractivity contribution in [2.75, 3.05) is 14.2 Å². The van der Waals surface area contributed by atoms with Crippen molar-refractivity contribution in [3.8, 4) is 11.5 Å². The average molecular weight is 461 g/mol. The maximum atomic E-state index is 13.0. The zero-order chi connectivity index (χ0) is 22.9. The molecule has 0 bridgehead atoms. The maximum absolute atomic E-state index is 13.0. The maximum Gasteiger partial charge on any atom is 0.253 e. The molecule has 0 unspecified atom stereocenters. The minimum absolute atomic E-state index is 0.0149. The van der Waals surface area contributed by atoms with Gasteiger partial charge in [-0.3, -0.25) is 4.79 Å². The molecular weight excluding hydrogens is 436 g/mol. The van der Waals surface area contributed by atoms with Gasteiger partial charge in [-0.15, -0.1) is 5.10 Å². The van der Waals surface area contributed by atoms with Crippen LogP contribution in [0.5, 0.6) is 11.5 Å². The Kier molecular flexibility index (Phi) is 5.76. The van der Waals surface area contributed by atoms with Crippen LogP contribution in [0, 0.1) is 6.92 Å². The molecule has 0 saturated heterocycles. The minimum atomic E-state index is -0.0149. The summed E-state index contributed by atoms with van der Waals surface area (Å²) in [5, 5.41) is 5.18. The molecular formula is C25H24N4O3S. The van der Waals surface area contributed by atoms with E-state index in [1.807, 2.05) is 18.2 Å². The van der Waals surface area contributed by atoms with Crippen LogP contribution in [0.3, 0.4) is 0 Å². The molecule has 0 spiro atoms. The summed E-state index contributed by atoms with van der Waals surface area (Å²) in [5.74, 6) is 2.76. The molecule has 2 aromatic carbocycles. The third-order valence-electron chi connectivity index (χ3n) is 5.89. The van der Waals surface area contributed by atoms with Crippen LogP contribution in [-0.2, 0) is 12.2 Å². The summed E-state index contributed by atoms with van der Waals surface area (Å²) in [7, 11) is 3.25. The van der Waals surface area contributed by atoms with Crippen molar-refractivity contribution in [1.82, 2.24) is 19.6 Å². The Labute approximate surface area is 196 Å². The molecule has 8 heteroatoms. The third-order valence-corrected chi connectivity index (χ3v) is 6.80. The Balaban J connectivity index is 1.41. The molecule has 33 heavy (non-hydrogen) atoms. The van der Waals surface area contributed by atoms with E-state index in [2.05, 4.69) is 41.3 Å². The molecule has 0 N–H and O–H groups in total. The van der Waals surface area contributed by atoms with Crippen molar-refractivity contribution in [3.05, 3.63) is 76.6 Å². The number of carbonyl (C=O) groups is 1. The quantitative estimate of drug-likeness (QED) is 0.387. The monoisotopic (exact) mass is 460 g/mol. The van der Waals surface area contributed by atoms with Gasteiger partial charge in [0.2, 0.25) is 5.16 Å². The molecule has 0 saturated carbocycles. The largest absolute Gasteiger partial charge is 0.497 e. The number of ketones is 1. The first-order valence-electron chi connectivity index (χ1n) is 10.7. The number of hydrogen-bond acceptors (Lipinski definition) is 7. The Morgan fingerprint density at radius 3 is 2.76 bits per heavy atom. The van der Waals surface area contributed by atoms with Gasteiger partial charge in [0, 0.05) is 30.4 Å². The van der Waals surface area contributed by atoms with Crippen LogP contribution in [0.25, 0.3) is 5.78 Å². The molecule has 0 radical (unpaired) electrons. The van der Waals surface area contributed by atoms with Gasteiger partial charge in [-0.1, -0.05) is 47.7 Å². The molecule has 168 valence electrons. The summed E-state index contributed by atoms with van der Waals surface area (Å²) >= 11 is 1.56. The van der Waals surface area contributed by atoms with Gasteiger partial charge in [0.25, 0.3) is 5.78 Å². The number of hydrogen-bond donors (Lipinski definition) is 0. The zero-order valence-corrected chi connectivity index (χ0v) is 19.6. The lowest BCUT2D eigenvalue weighted by molar-refractivity contribution is 0.0962. The number of fused-ring (bicyclic) bond motifs is 2. The van der Waals surface area contributed by atoms with E-state index in [0.717, 1.165) is 22.8 Å². The molecule has 0 amide bonds. The van der Waals surface area contributed by atoms with Gasteiger partial charge in [-0.05, 0) is 30.5 Å². The van der Waals surface area contributed by atoms with Gasteiger partial charge < -0.3 is 9.47 Å². The van der Waals surface area contributed by atoms with Gasteiger partial charge in [0.1, 0.15) is 11.5 Å². The topological polar surface area (TPSA) is 78.6 Å². The predicted molar refractivity (Wildman–Crippen MR) is 126 cm³/mol. The number of benzene rings is 2. The fraction of sp³-hybridized carbons (Fsp3) is 0.280. The summed E-state index contributed by atoms with van der Waals surface area (Å²) < 4.78 is 12.5. The predicted octanol–water partition coefficient (Wildman–Crippen LogP) is 4.65. The lowest BCUT2D eigenvalue weighted by atomic mass is 9.82. The van der Waals surface area contributed by atoms with E-state index in [-0.39, 0.29) is 11.7 Å². The number of rotatable bonds is 6. The van der Waals surface area contributed by atoms with Crippen molar-refractivity contribution < 1.29 is 14.3 Å². The van der Waals surface area contributed by atoms with Crippen molar-refractivity contribution in [3.63, 3.8) is 0 Å². The molecule has 0 fully saturated rings. The smallest absolute Gasteiger partial charge is 0.253 e. The molecule has 2 heterocycles. The summed E-state index contributed by atoms with van der Waals surface area (Å²) in [6.07, 6.45) is 2.80. The molecule has 4 aromatic rings. The van der Waals surface area contributed by atoms with Gasteiger partial charge in [0.15, 0.2) is 5.78 Å². The van der Waals surface area contributed by atoms with Crippen molar-refractivity contribution in [2.24, 2.45) is 0 Å². The highest BCUT2D eigenvalue weighted by atomic mass is 32.2. The van der Waals surface area contributed by atoms with Crippen LogP contribution in [-0.4, -0.2) is 39.6 Å². The Morgan fingerprint density at radius 2 is 1.97 bits per heavy atom. The number of carbonyl (C=O) groups excluding carboxylic acids is 1. The Bertz CT molecular complexity index is 1350. The second kappa shape index (κ2) is 8.86. The van der Waals surface area contributed by atoms with Gasteiger partial charge in [0.05, 0.1) is 25.5 Å². The molecule has 5 rings (SSSR count). The molecule has 7 nitrogen and oxygen atoms in total. The standard InChI is InChI=1S/C25H24N4O3S/c1-15-5-4-6-16(9-15)14-33-25-27-24-26-21-10-17(11-22(30)20(21)13-29(24)28-25)19-8-7-18(31-2)12-23(19)32-3/h4-9,12-13,17H,10-11,14H2,1-3H3/t17-/m1/s1. The summed E-state index contributed by atoms with van der Waals surface area (Å²) in [6, 6.07) is 14.1. The second-order valence-electron chi connectivity index (χ2n) is 8.15. The van der Waals surface area contributed by atoms with Crippen molar-refractivity contribution >= 4 is 23.3 Å². The van der Waals surface area contributed by atoms with E-state index < -0.39 is 0 Å². The fourth-order valence-electron chi connectivity index (χ4n) is 4.25. The van der Waals surface area contributed by atoms with Crippen LogP contribution in [0.15, 0.2) is 53.8 Å². The van der Waals surface area contributed by atoms with Crippen LogP contribution in [0.2, 0.25) is 0 Å². The highest BCUT2D eigenvalue weighted by molar-refractivity contribution is 7.98. The van der Waals surface area contributed by atoms with Crippen LogP contribution in [0.1, 0.15) is 45.1 Å². The molecule has 1 aliphatic carbocycles. The zero-order valence-electron chi connectivity index (χ0n) is 18.7. The Morgan fingerprint density at radius 1 is 1.09 bits per heavy atom. The number of aromatic nitrogens is 4. The van der Waals surface area contributed by atoms with Gasteiger partial charge in [-0.2, -0.15) is 4.98 Å². The summed E-state index contributed by atoms with van der Waals surface area (Å²) in [4.78, 5) is 22.3. The van der Waals surface area contributed by atoms with Crippen LogP contribution in [0.4, 0.5) is 0 Å². The number of Topliss-reactive ketones (excluding diaryl/α,β-unsaturated/α-hetero) is 1. The first kappa shape index (κ1) is 21.5. The summed E-state index contributed by atoms with van der Waals surface area (Å²) in [6.45, 7) is 2.08. The molecule has 0 aliphatic heterocycles. The van der Waals surface area contributed by atoms with E-state index in [4.69, 9.17) is 14.5 Å². The lowest BCUT2D eigenvalue weighted by Crippen LogP contribution is -2.21. The lowest BCUT2D eigenvalue weighted by Gasteiger charge is -2.24. The van der Waals surface area contributed by atoms with E-state index in [9.17, 15) is 4.79 Å². The van der Waals surface area contributed by atoms with Crippen LogP contribution >= 0.6 is 11.8 Å². The highest BCUT2D eigenvalue weighted by Crippen LogP contribution is 2.38. The van der Waals surface area contributed by atoms with Gasteiger partial charge in [-0.25, -0.2) is 9.50 Å². The number of nitrogens with zero attached hydrogens (tertiary/aromatic N) is 4.